The van der Waals surface area contributed by atoms with Crippen LogP contribution in [0.3, 0.4) is 0 Å². The van der Waals surface area contributed by atoms with E-state index in [-0.39, 0.29) is 29.4 Å². The number of hydrogen-bond donors (Lipinski definition) is 2. The first-order valence-corrected chi connectivity index (χ1v) is 7.57. The van der Waals surface area contributed by atoms with Crippen molar-refractivity contribution >= 4 is 41.3 Å². The molecule has 1 aliphatic heterocycles. The van der Waals surface area contributed by atoms with Crippen molar-refractivity contribution in [3.63, 3.8) is 0 Å². The minimum atomic E-state index is 0. The summed E-state index contributed by atoms with van der Waals surface area (Å²) < 4.78 is 5.25. The molecule has 114 valence electrons. The molecule has 20 heavy (non-hydrogen) atoms. The molecule has 2 rings (SSSR count). The molecule has 0 spiro atoms. The molecule has 0 aromatic carbocycles. The number of nitrogens with zero attached hydrogens (tertiary/aromatic N) is 1. The molecule has 0 radical (unpaired) electrons. The Kier molecular flexibility index (Phi) is 7.25. The van der Waals surface area contributed by atoms with Gasteiger partial charge >= 0.3 is 0 Å². The molecule has 0 amide bonds. The molecule has 4 nitrogen and oxygen atoms in total. The third-order valence-electron chi connectivity index (χ3n) is 3.30. The quantitative estimate of drug-likeness (QED) is 0.447. The molecule has 1 aromatic heterocycles. The Balaban J connectivity index is 0.00000200. The van der Waals surface area contributed by atoms with Crippen LogP contribution in [0.4, 0.5) is 0 Å². The average molecular weight is 409 g/mol. The van der Waals surface area contributed by atoms with Crippen LogP contribution < -0.4 is 10.6 Å². The van der Waals surface area contributed by atoms with Crippen LogP contribution >= 0.6 is 35.3 Å². The lowest BCUT2D eigenvalue weighted by Crippen LogP contribution is -2.50. The molecule has 2 heterocycles. The number of aryl methyl sites for hydroxylation is 1. The predicted octanol–water partition coefficient (Wildman–Crippen LogP) is 2.63. The van der Waals surface area contributed by atoms with Crippen LogP contribution in [0, 0.1) is 5.41 Å². The van der Waals surface area contributed by atoms with Gasteiger partial charge in [0.05, 0.1) is 19.8 Å². The van der Waals surface area contributed by atoms with Gasteiger partial charge in [-0.3, -0.25) is 4.99 Å². The number of thiophene rings is 1. The van der Waals surface area contributed by atoms with Gasteiger partial charge in [-0.15, -0.1) is 35.3 Å². The standard InChI is InChI=1S/C14H23N3OS.HI/c1-4-11-5-6-12(19-11)7-16-13(15-3)17-8-14(2)9-18-10-14;/h5-6H,4,7-10H2,1-3H3,(H2,15,16,17);1H. The van der Waals surface area contributed by atoms with E-state index in [2.05, 4.69) is 41.6 Å². The topological polar surface area (TPSA) is 45.7 Å². The van der Waals surface area contributed by atoms with Crippen LogP contribution in [0.2, 0.25) is 0 Å². The van der Waals surface area contributed by atoms with Crippen molar-refractivity contribution in [3.8, 4) is 0 Å². The third-order valence-corrected chi connectivity index (χ3v) is 4.53. The van der Waals surface area contributed by atoms with E-state index in [1.807, 2.05) is 11.3 Å². The van der Waals surface area contributed by atoms with Gasteiger partial charge in [-0.1, -0.05) is 13.8 Å². The third kappa shape index (κ3) is 4.89. The maximum Gasteiger partial charge on any atom is 0.191 e. The fourth-order valence-electron chi connectivity index (χ4n) is 1.95. The first-order chi connectivity index (χ1) is 9.15. The fourth-order valence-corrected chi connectivity index (χ4v) is 2.85. The van der Waals surface area contributed by atoms with Gasteiger partial charge in [-0.05, 0) is 18.6 Å². The summed E-state index contributed by atoms with van der Waals surface area (Å²) in [6, 6.07) is 4.38. The highest BCUT2D eigenvalue weighted by atomic mass is 127. The second-order valence-corrected chi connectivity index (χ2v) is 6.56. The van der Waals surface area contributed by atoms with Crippen LogP contribution in [0.15, 0.2) is 17.1 Å². The average Bonchev–Trinajstić information content (AvgIpc) is 2.85. The molecule has 6 heteroatoms. The maximum absolute atomic E-state index is 5.25. The van der Waals surface area contributed by atoms with Gasteiger partial charge in [0, 0.05) is 28.8 Å². The number of ether oxygens (including phenoxy) is 1. The summed E-state index contributed by atoms with van der Waals surface area (Å²) in [5.41, 5.74) is 0.260. The van der Waals surface area contributed by atoms with E-state index >= 15 is 0 Å². The Hall–Kier alpha value is -0.340. The van der Waals surface area contributed by atoms with Gasteiger partial charge in [-0.25, -0.2) is 0 Å². The molecular formula is C14H24IN3OS. The molecule has 2 N–H and O–H groups in total. The van der Waals surface area contributed by atoms with Crippen molar-refractivity contribution < 1.29 is 4.74 Å². The normalized spacial score (nSPS) is 17.1. The Morgan fingerprint density at radius 2 is 2.05 bits per heavy atom. The van der Waals surface area contributed by atoms with Gasteiger partial charge in [0.25, 0.3) is 0 Å². The smallest absolute Gasteiger partial charge is 0.191 e. The number of hydrogen-bond acceptors (Lipinski definition) is 3. The van der Waals surface area contributed by atoms with Crippen molar-refractivity contribution in [3.05, 3.63) is 21.9 Å². The Labute approximate surface area is 142 Å². The van der Waals surface area contributed by atoms with E-state index in [9.17, 15) is 0 Å². The zero-order valence-corrected chi connectivity index (χ0v) is 15.5. The molecule has 0 unspecified atom stereocenters. The SMILES string of the molecule is CCc1ccc(CNC(=NC)NCC2(C)COC2)s1.I. The number of aliphatic imine (C=N–C) groups is 1. The second-order valence-electron chi connectivity index (χ2n) is 5.30. The zero-order valence-electron chi connectivity index (χ0n) is 12.4. The second kappa shape index (κ2) is 8.19. The minimum Gasteiger partial charge on any atom is -0.380 e. The molecule has 0 aliphatic carbocycles. The summed E-state index contributed by atoms with van der Waals surface area (Å²) in [5.74, 6) is 0.861. The van der Waals surface area contributed by atoms with E-state index in [0.29, 0.717) is 0 Å². The molecule has 0 saturated carbocycles. The van der Waals surface area contributed by atoms with E-state index in [1.54, 1.807) is 7.05 Å². The Bertz CT molecular complexity index is 443. The van der Waals surface area contributed by atoms with Crippen LogP contribution in [-0.2, 0) is 17.7 Å². The predicted molar refractivity (Wildman–Crippen MR) is 96.2 cm³/mol. The van der Waals surface area contributed by atoms with Crippen molar-refractivity contribution in [1.82, 2.24) is 10.6 Å². The summed E-state index contributed by atoms with van der Waals surface area (Å²) in [6.07, 6.45) is 1.11. The molecule has 0 bridgehead atoms. The largest absolute Gasteiger partial charge is 0.380 e. The Morgan fingerprint density at radius 1 is 1.35 bits per heavy atom. The summed E-state index contributed by atoms with van der Waals surface area (Å²) in [5, 5.41) is 6.72. The summed E-state index contributed by atoms with van der Waals surface area (Å²) in [4.78, 5) is 7.02. The van der Waals surface area contributed by atoms with Gasteiger partial charge in [-0.2, -0.15) is 0 Å². The number of halogens is 1. The highest BCUT2D eigenvalue weighted by molar-refractivity contribution is 14.0. The fraction of sp³-hybridized carbons (Fsp3) is 0.643. The summed E-state index contributed by atoms with van der Waals surface area (Å²) in [6.45, 7) is 7.81. The van der Waals surface area contributed by atoms with Gasteiger partial charge in [0.2, 0.25) is 0 Å². The van der Waals surface area contributed by atoms with E-state index < -0.39 is 0 Å². The van der Waals surface area contributed by atoms with Crippen LogP contribution in [-0.4, -0.2) is 32.8 Å². The number of rotatable bonds is 5. The maximum atomic E-state index is 5.25. The van der Waals surface area contributed by atoms with Crippen molar-refractivity contribution in [2.24, 2.45) is 10.4 Å². The van der Waals surface area contributed by atoms with E-state index in [1.165, 1.54) is 9.75 Å². The van der Waals surface area contributed by atoms with Crippen molar-refractivity contribution in [1.29, 1.82) is 0 Å². The zero-order chi connectivity index (χ0) is 13.7. The summed E-state index contributed by atoms with van der Waals surface area (Å²) in [7, 11) is 1.81. The minimum absolute atomic E-state index is 0. The highest BCUT2D eigenvalue weighted by Crippen LogP contribution is 2.24. The van der Waals surface area contributed by atoms with Gasteiger partial charge in [0.15, 0.2) is 5.96 Å². The lowest BCUT2D eigenvalue weighted by molar-refractivity contribution is -0.0971. The lowest BCUT2D eigenvalue weighted by Gasteiger charge is -2.38. The highest BCUT2D eigenvalue weighted by Gasteiger charge is 2.33. The molecular weight excluding hydrogens is 385 g/mol. The van der Waals surface area contributed by atoms with E-state index in [4.69, 9.17) is 4.74 Å². The summed E-state index contributed by atoms with van der Waals surface area (Å²) >= 11 is 1.86. The first-order valence-electron chi connectivity index (χ1n) is 6.75. The first kappa shape index (κ1) is 17.7. The van der Waals surface area contributed by atoms with Crippen LogP contribution in [0.5, 0.6) is 0 Å². The monoisotopic (exact) mass is 409 g/mol. The molecule has 1 fully saturated rings. The molecule has 0 atom stereocenters. The lowest BCUT2D eigenvalue weighted by atomic mass is 9.89. The molecule has 1 aliphatic rings. The van der Waals surface area contributed by atoms with Crippen LogP contribution in [0.25, 0.3) is 0 Å². The Morgan fingerprint density at radius 3 is 2.55 bits per heavy atom. The van der Waals surface area contributed by atoms with Crippen LogP contribution in [0.1, 0.15) is 23.6 Å². The van der Waals surface area contributed by atoms with Gasteiger partial charge in [0.1, 0.15) is 0 Å². The van der Waals surface area contributed by atoms with Crippen molar-refractivity contribution in [2.45, 2.75) is 26.8 Å². The number of guanidine groups is 1. The van der Waals surface area contributed by atoms with E-state index in [0.717, 1.165) is 38.7 Å². The van der Waals surface area contributed by atoms with Crippen molar-refractivity contribution in [2.75, 3.05) is 26.8 Å². The molecule has 1 saturated heterocycles. The molecule has 1 aromatic rings. The van der Waals surface area contributed by atoms with Gasteiger partial charge < -0.3 is 15.4 Å². The number of nitrogens with one attached hydrogen (secondary N) is 2.